The van der Waals surface area contributed by atoms with E-state index in [-0.39, 0.29) is 22.3 Å². The second-order valence-corrected chi connectivity index (χ2v) is 10.0. The fraction of sp³-hybridized carbons (Fsp3) is 0.370. The van der Waals surface area contributed by atoms with Gasteiger partial charge in [0.25, 0.3) is 5.91 Å². The Bertz CT molecular complexity index is 1250. The van der Waals surface area contributed by atoms with Crippen LogP contribution in [0.1, 0.15) is 47.6 Å². The van der Waals surface area contributed by atoms with Crippen molar-refractivity contribution in [1.29, 1.82) is 0 Å². The van der Waals surface area contributed by atoms with Crippen molar-refractivity contribution >= 4 is 40.6 Å². The predicted molar refractivity (Wildman–Crippen MR) is 145 cm³/mol. The molecule has 37 heavy (non-hydrogen) atoms. The second-order valence-electron chi connectivity index (χ2n) is 9.61. The maximum Gasteiger partial charge on any atom is 0.261 e. The van der Waals surface area contributed by atoms with Crippen LogP contribution in [0.2, 0.25) is 5.02 Å². The Balaban J connectivity index is 1.35. The summed E-state index contributed by atoms with van der Waals surface area (Å²) in [7, 11) is 2.14. The average molecular weight is 524 g/mol. The van der Waals surface area contributed by atoms with Crippen molar-refractivity contribution in [2.75, 3.05) is 42.6 Å². The molecule has 1 saturated carbocycles. The number of likely N-dealkylation sites (N-methyl/N-ethyl adjacent to an activating group) is 1. The van der Waals surface area contributed by atoms with Crippen LogP contribution < -0.4 is 21.3 Å². The van der Waals surface area contributed by atoms with E-state index < -0.39 is 11.7 Å². The first-order valence-electron chi connectivity index (χ1n) is 12.6. The Morgan fingerprint density at radius 2 is 1.95 bits per heavy atom. The van der Waals surface area contributed by atoms with Crippen LogP contribution in [-0.4, -0.2) is 53.5 Å². The second kappa shape index (κ2) is 11.4. The number of benzene rings is 2. The summed E-state index contributed by atoms with van der Waals surface area (Å²) in [5.74, 6) is -0.312. The van der Waals surface area contributed by atoms with Gasteiger partial charge in [-0.1, -0.05) is 36.6 Å². The van der Waals surface area contributed by atoms with Crippen molar-refractivity contribution in [2.45, 2.75) is 37.8 Å². The summed E-state index contributed by atoms with van der Waals surface area (Å²) in [6.07, 6.45) is 5.73. The molecule has 1 aliphatic heterocycles. The minimum Gasteiger partial charge on any atom is -0.367 e. The zero-order valence-corrected chi connectivity index (χ0v) is 21.5. The van der Waals surface area contributed by atoms with Gasteiger partial charge in [0.15, 0.2) is 0 Å². The Kier molecular flexibility index (Phi) is 7.83. The van der Waals surface area contributed by atoms with Gasteiger partial charge in [-0.25, -0.2) is 9.37 Å². The number of anilines is 4. The Morgan fingerprint density at radius 3 is 2.68 bits per heavy atom. The van der Waals surface area contributed by atoms with E-state index in [1.807, 2.05) is 12.1 Å². The van der Waals surface area contributed by atoms with Crippen molar-refractivity contribution in [3.8, 4) is 0 Å². The third-order valence-electron chi connectivity index (χ3n) is 6.97. The lowest BCUT2D eigenvalue weighted by Crippen LogP contribution is -2.43. The summed E-state index contributed by atoms with van der Waals surface area (Å²) in [5, 5.41) is 13.0. The SMILES string of the molecule is CN1CCNCC1c1ccc(Nc2ncc(C(=O)Nc3ccc(Cl)cc3F)c(NC3CCCC3)n2)cc1. The molecule has 5 rings (SSSR count). The minimum absolute atomic E-state index is 0.0438. The molecule has 1 atom stereocenters. The molecule has 10 heteroatoms. The van der Waals surface area contributed by atoms with Crippen LogP contribution in [0.4, 0.5) is 27.5 Å². The van der Waals surface area contributed by atoms with Crippen molar-refractivity contribution in [3.63, 3.8) is 0 Å². The molecule has 1 amide bonds. The van der Waals surface area contributed by atoms with Gasteiger partial charge >= 0.3 is 0 Å². The van der Waals surface area contributed by atoms with Gasteiger partial charge in [0.1, 0.15) is 17.2 Å². The number of carbonyl (C=O) groups excluding carboxylic acids is 1. The first-order chi connectivity index (χ1) is 18.0. The average Bonchev–Trinajstić information content (AvgIpc) is 3.40. The third kappa shape index (κ3) is 6.18. The molecular formula is C27H31ClFN7O. The highest BCUT2D eigenvalue weighted by Gasteiger charge is 2.22. The van der Waals surface area contributed by atoms with E-state index in [2.05, 4.69) is 55.3 Å². The molecule has 4 N–H and O–H groups in total. The molecule has 1 aromatic heterocycles. The first-order valence-corrected chi connectivity index (χ1v) is 13.0. The van der Waals surface area contributed by atoms with E-state index in [1.165, 1.54) is 23.9 Å². The number of nitrogens with one attached hydrogen (secondary N) is 4. The number of piperazine rings is 1. The van der Waals surface area contributed by atoms with E-state index in [1.54, 1.807) is 0 Å². The molecule has 0 spiro atoms. The number of halogens is 2. The molecule has 2 heterocycles. The van der Waals surface area contributed by atoms with Gasteiger partial charge in [-0.05, 0) is 55.8 Å². The molecular weight excluding hydrogens is 493 g/mol. The van der Waals surface area contributed by atoms with Crippen LogP contribution in [0.25, 0.3) is 0 Å². The van der Waals surface area contributed by atoms with Gasteiger partial charge in [0.2, 0.25) is 5.95 Å². The highest BCUT2D eigenvalue weighted by atomic mass is 35.5. The lowest BCUT2D eigenvalue weighted by atomic mass is 10.0. The number of hydrogen-bond acceptors (Lipinski definition) is 7. The van der Waals surface area contributed by atoms with Crippen molar-refractivity contribution < 1.29 is 9.18 Å². The molecule has 8 nitrogen and oxygen atoms in total. The van der Waals surface area contributed by atoms with E-state index in [9.17, 15) is 9.18 Å². The lowest BCUT2D eigenvalue weighted by Gasteiger charge is -2.33. The maximum absolute atomic E-state index is 14.3. The number of rotatable bonds is 7. The van der Waals surface area contributed by atoms with E-state index >= 15 is 0 Å². The quantitative estimate of drug-likeness (QED) is 0.338. The Labute approximate surface area is 221 Å². The molecule has 0 bridgehead atoms. The van der Waals surface area contributed by atoms with E-state index in [0.29, 0.717) is 17.8 Å². The number of nitrogens with zero attached hydrogens (tertiary/aromatic N) is 3. The molecule has 0 radical (unpaired) electrons. The van der Waals surface area contributed by atoms with Crippen molar-refractivity contribution in [1.82, 2.24) is 20.2 Å². The molecule has 1 unspecified atom stereocenters. The summed E-state index contributed by atoms with van der Waals surface area (Å²) >= 11 is 5.83. The van der Waals surface area contributed by atoms with Gasteiger partial charge in [0, 0.05) is 48.6 Å². The molecule has 1 aliphatic carbocycles. The normalized spacial score (nSPS) is 18.5. The van der Waals surface area contributed by atoms with Gasteiger partial charge < -0.3 is 21.3 Å². The largest absolute Gasteiger partial charge is 0.367 e. The molecule has 1 saturated heterocycles. The van der Waals surface area contributed by atoms with Gasteiger partial charge in [-0.3, -0.25) is 9.69 Å². The lowest BCUT2D eigenvalue weighted by molar-refractivity contribution is 0.102. The van der Waals surface area contributed by atoms with Gasteiger partial charge in [-0.2, -0.15) is 4.98 Å². The smallest absolute Gasteiger partial charge is 0.261 e. The molecule has 3 aromatic rings. The standard InChI is InChI=1S/C27H31ClFN7O/c1-36-13-12-30-16-24(36)17-6-9-20(10-7-17)33-27-31-15-21(25(35-27)32-19-4-2-3-5-19)26(37)34-23-11-8-18(28)14-22(23)29/h6-11,14-15,19,24,30H,2-5,12-13,16H2,1H3,(H,34,37)(H2,31,32,33,35). The van der Waals surface area contributed by atoms with Crippen LogP contribution in [0.3, 0.4) is 0 Å². The highest BCUT2D eigenvalue weighted by Crippen LogP contribution is 2.27. The van der Waals surface area contributed by atoms with Crippen LogP contribution in [0, 0.1) is 5.82 Å². The third-order valence-corrected chi connectivity index (χ3v) is 7.21. The summed E-state index contributed by atoms with van der Waals surface area (Å²) in [6.45, 7) is 2.94. The summed E-state index contributed by atoms with van der Waals surface area (Å²) in [6, 6.07) is 12.9. The van der Waals surface area contributed by atoms with E-state index in [4.69, 9.17) is 11.6 Å². The van der Waals surface area contributed by atoms with Crippen LogP contribution >= 0.6 is 11.6 Å². The Morgan fingerprint density at radius 1 is 1.16 bits per heavy atom. The zero-order valence-electron chi connectivity index (χ0n) is 20.7. The Hall–Kier alpha value is -3.27. The number of carbonyl (C=O) groups is 1. The molecule has 194 valence electrons. The number of hydrogen-bond donors (Lipinski definition) is 4. The topological polar surface area (TPSA) is 94.2 Å². The fourth-order valence-electron chi connectivity index (χ4n) is 4.86. The van der Waals surface area contributed by atoms with Crippen LogP contribution in [0.5, 0.6) is 0 Å². The molecule has 2 aromatic carbocycles. The summed E-state index contributed by atoms with van der Waals surface area (Å²) in [5.41, 5.74) is 2.38. The first kappa shape index (κ1) is 25.4. The fourth-order valence-corrected chi connectivity index (χ4v) is 5.02. The minimum atomic E-state index is -0.607. The van der Waals surface area contributed by atoms with Crippen LogP contribution in [-0.2, 0) is 0 Å². The maximum atomic E-state index is 14.3. The summed E-state index contributed by atoms with van der Waals surface area (Å²) in [4.78, 5) is 24.4. The number of amides is 1. The monoisotopic (exact) mass is 523 g/mol. The predicted octanol–water partition coefficient (Wildman–Crippen LogP) is 5.20. The van der Waals surface area contributed by atoms with Crippen molar-refractivity contribution in [2.24, 2.45) is 0 Å². The van der Waals surface area contributed by atoms with Crippen LogP contribution in [0.15, 0.2) is 48.7 Å². The van der Waals surface area contributed by atoms with E-state index in [0.717, 1.165) is 57.1 Å². The molecule has 2 aliphatic rings. The summed E-state index contributed by atoms with van der Waals surface area (Å²) < 4.78 is 14.3. The highest BCUT2D eigenvalue weighted by molar-refractivity contribution is 6.30. The number of aromatic nitrogens is 2. The van der Waals surface area contributed by atoms with Gasteiger partial charge in [0.05, 0.1) is 5.69 Å². The van der Waals surface area contributed by atoms with Gasteiger partial charge in [-0.15, -0.1) is 0 Å². The zero-order chi connectivity index (χ0) is 25.8. The molecule has 2 fully saturated rings. The van der Waals surface area contributed by atoms with Crippen molar-refractivity contribution in [3.05, 3.63) is 70.6 Å².